The zero-order chi connectivity index (χ0) is 23.4. The van der Waals surface area contributed by atoms with Crippen molar-refractivity contribution in [3.05, 3.63) is 52.0 Å². The van der Waals surface area contributed by atoms with Crippen molar-refractivity contribution in [3.63, 3.8) is 0 Å². The van der Waals surface area contributed by atoms with Crippen LogP contribution in [-0.4, -0.2) is 41.1 Å². The first-order valence-electron chi connectivity index (χ1n) is 9.44. The first-order valence-corrected chi connectivity index (χ1v) is 10.3. The second-order valence-electron chi connectivity index (χ2n) is 6.56. The maximum Gasteiger partial charge on any atom is 0.387 e. The van der Waals surface area contributed by atoms with Gasteiger partial charge in [0, 0.05) is 5.56 Å². The fourth-order valence-electron chi connectivity index (χ4n) is 2.95. The van der Waals surface area contributed by atoms with E-state index >= 15 is 0 Å². The number of H-pyrrole nitrogens is 1. The topological polar surface area (TPSA) is 110 Å². The van der Waals surface area contributed by atoms with Crippen molar-refractivity contribution >= 4 is 34.0 Å². The summed E-state index contributed by atoms with van der Waals surface area (Å²) in [6.07, 6.45) is 0. The van der Waals surface area contributed by atoms with E-state index in [4.69, 9.17) is 4.74 Å². The van der Waals surface area contributed by atoms with Gasteiger partial charge in [-0.15, -0.1) is 11.3 Å². The fraction of sp³-hybridized carbons (Fsp3) is 0.238. The van der Waals surface area contributed by atoms with Crippen LogP contribution in [0, 0.1) is 6.92 Å². The molecule has 0 atom stereocenters. The van der Waals surface area contributed by atoms with Crippen LogP contribution in [0.1, 0.15) is 49.9 Å². The number of ketones is 1. The van der Waals surface area contributed by atoms with E-state index in [-0.39, 0.29) is 34.4 Å². The quantitative estimate of drug-likeness (QED) is 0.371. The summed E-state index contributed by atoms with van der Waals surface area (Å²) >= 11 is 0.989. The largest absolute Gasteiger partial charge is 0.462 e. The Bertz CT molecular complexity index is 1150. The highest BCUT2D eigenvalue weighted by atomic mass is 32.1. The van der Waals surface area contributed by atoms with E-state index in [1.54, 1.807) is 13.8 Å². The minimum absolute atomic E-state index is 0.00177. The van der Waals surface area contributed by atoms with E-state index in [0.29, 0.717) is 21.7 Å². The number of benzene rings is 1. The van der Waals surface area contributed by atoms with Gasteiger partial charge in [-0.1, -0.05) is 0 Å². The molecule has 0 radical (unpaired) electrons. The Kier molecular flexibility index (Phi) is 6.98. The van der Waals surface area contributed by atoms with Crippen LogP contribution in [0.5, 0.6) is 5.75 Å². The molecule has 0 saturated heterocycles. The minimum Gasteiger partial charge on any atom is -0.462 e. The molecule has 32 heavy (non-hydrogen) atoms. The Balaban J connectivity index is 1.83. The second kappa shape index (κ2) is 9.69. The number of rotatable bonds is 8. The molecule has 3 rings (SSSR count). The molecule has 0 fully saturated rings. The Morgan fingerprint density at radius 1 is 1.22 bits per heavy atom. The lowest BCUT2D eigenvalue weighted by Crippen LogP contribution is -2.15. The Morgan fingerprint density at radius 3 is 2.50 bits per heavy atom. The van der Waals surface area contributed by atoms with Gasteiger partial charge in [0.2, 0.25) is 0 Å². The number of anilines is 1. The molecular weight excluding hydrogens is 444 g/mol. The van der Waals surface area contributed by atoms with Gasteiger partial charge in [0.25, 0.3) is 5.91 Å². The summed E-state index contributed by atoms with van der Waals surface area (Å²) in [4.78, 5) is 37.3. The number of ether oxygens (including phenoxy) is 2. The van der Waals surface area contributed by atoms with Gasteiger partial charge < -0.3 is 14.8 Å². The summed E-state index contributed by atoms with van der Waals surface area (Å²) in [5.74, 6) is -1.46. The molecule has 11 heteroatoms. The summed E-state index contributed by atoms with van der Waals surface area (Å²) in [5.41, 5.74) is 1.63. The predicted octanol–water partition coefficient (Wildman–Crippen LogP) is 4.68. The molecule has 0 bridgehead atoms. The van der Waals surface area contributed by atoms with Crippen LogP contribution in [0.2, 0.25) is 0 Å². The third kappa shape index (κ3) is 4.99. The molecule has 168 valence electrons. The number of Topliss-reactive ketones (excluding diaryl/α,β-unsaturated/α-hetero) is 1. The van der Waals surface area contributed by atoms with Crippen molar-refractivity contribution in [3.8, 4) is 17.0 Å². The highest BCUT2D eigenvalue weighted by Crippen LogP contribution is 2.34. The standard InChI is InChI=1S/C21H19F2N3O5S/c1-4-30-20(29)16-10(2)17(11(3)27)32-19(16)24-18(28)15-9-14(25-26-15)12-5-7-13(8-6-12)31-21(22)23/h5-9,21H,4H2,1-3H3,(H,24,28)(H,25,26). The van der Waals surface area contributed by atoms with Gasteiger partial charge in [0.15, 0.2) is 5.78 Å². The number of hydrogen-bond donors (Lipinski definition) is 2. The smallest absolute Gasteiger partial charge is 0.387 e. The molecule has 1 aromatic carbocycles. The van der Waals surface area contributed by atoms with Crippen molar-refractivity contribution in [2.75, 3.05) is 11.9 Å². The molecule has 2 aromatic heterocycles. The number of esters is 1. The monoisotopic (exact) mass is 463 g/mol. The summed E-state index contributed by atoms with van der Waals surface area (Å²) in [5, 5.41) is 9.48. The molecule has 8 nitrogen and oxygen atoms in total. The number of alkyl halides is 2. The maximum atomic E-state index is 12.7. The predicted molar refractivity (Wildman–Crippen MR) is 114 cm³/mol. The molecule has 0 aliphatic rings. The number of halogens is 2. The number of carbonyl (C=O) groups is 3. The summed E-state index contributed by atoms with van der Waals surface area (Å²) < 4.78 is 33.9. The highest BCUT2D eigenvalue weighted by Gasteiger charge is 2.26. The molecule has 2 N–H and O–H groups in total. The zero-order valence-electron chi connectivity index (χ0n) is 17.3. The summed E-state index contributed by atoms with van der Waals surface area (Å²) in [6.45, 7) is 1.86. The molecule has 3 aromatic rings. The minimum atomic E-state index is -2.93. The molecule has 0 aliphatic carbocycles. The lowest BCUT2D eigenvalue weighted by atomic mass is 10.1. The lowest BCUT2D eigenvalue weighted by molar-refractivity contribution is -0.0498. The first-order chi connectivity index (χ1) is 15.2. The van der Waals surface area contributed by atoms with Crippen LogP contribution in [0.3, 0.4) is 0 Å². The maximum absolute atomic E-state index is 12.7. The number of carbonyl (C=O) groups excluding carboxylic acids is 3. The third-order valence-corrected chi connectivity index (χ3v) is 5.68. The molecule has 1 amide bonds. The van der Waals surface area contributed by atoms with Crippen LogP contribution < -0.4 is 10.1 Å². The first kappa shape index (κ1) is 23.1. The SMILES string of the molecule is CCOC(=O)c1c(NC(=O)c2cc(-c3ccc(OC(F)F)cc3)n[nH]2)sc(C(C)=O)c1C. The van der Waals surface area contributed by atoms with Gasteiger partial charge in [0.05, 0.1) is 22.7 Å². The van der Waals surface area contributed by atoms with Gasteiger partial charge in [-0.2, -0.15) is 13.9 Å². The molecule has 0 spiro atoms. The van der Waals surface area contributed by atoms with E-state index in [1.165, 1.54) is 37.3 Å². The summed E-state index contributed by atoms with van der Waals surface area (Å²) in [6, 6.07) is 7.24. The number of hydrogen-bond acceptors (Lipinski definition) is 7. The Labute approximate surface area is 185 Å². The van der Waals surface area contributed by atoms with Crippen LogP contribution in [0.25, 0.3) is 11.3 Å². The van der Waals surface area contributed by atoms with E-state index in [1.807, 2.05) is 0 Å². The zero-order valence-corrected chi connectivity index (χ0v) is 18.1. The van der Waals surface area contributed by atoms with Crippen molar-refractivity contribution in [1.82, 2.24) is 10.2 Å². The Hall–Kier alpha value is -3.60. The number of aromatic amines is 1. The van der Waals surface area contributed by atoms with Gasteiger partial charge in [-0.05, 0) is 56.7 Å². The molecule has 0 saturated carbocycles. The number of thiophene rings is 1. The molecule has 2 heterocycles. The lowest BCUT2D eigenvalue weighted by Gasteiger charge is -2.06. The number of aromatic nitrogens is 2. The van der Waals surface area contributed by atoms with Crippen LogP contribution in [-0.2, 0) is 4.74 Å². The van der Waals surface area contributed by atoms with E-state index in [9.17, 15) is 23.2 Å². The third-order valence-electron chi connectivity index (χ3n) is 4.37. The number of nitrogens with one attached hydrogen (secondary N) is 2. The molecule has 0 unspecified atom stereocenters. The van der Waals surface area contributed by atoms with Crippen molar-refractivity contribution in [2.24, 2.45) is 0 Å². The van der Waals surface area contributed by atoms with Crippen LogP contribution in [0.15, 0.2) is 30.3 Å². The molecule has 0 aliphatic heterocycles. The average molecular weight is 463 g/mol. The van der Waals surface area contributed by atoms with E-state index in [0.717, 1.165) is 11.3 Å². The average Bonchev–Trinajstić information content (AvgIpc) is 3.33. The normalized spacial score (nSPS) is 10.8. The van der Waals surface area contributed by atoms with Crippen molar-refractivity contribution in [2.45, 2.75) is 27.4 Å². The fourth-order valence-corrected chi connectivity index (χ4v) is 4.04. The Morgan fingerprint density at radius 2 is 1.91 bits per heavy atom. The van der Waals surface area contributed by atoms with Crippen molar-refractivity contribution < 1.29 is 32.6 Å². The van der Waals surface area contributed by atoms with E-state index in [2.05, 4.69) is 20.3 Å². The van der Waals surface area contributed by atoms with Gasteiger partial charge >= 0.3 is 12.6 Å². The summed E-state index contributed by atoms with van der Waals surface area (Å²) in [7, 11) is 0. The highest BCUT2D eigenvalue weighted by molar-refractivity contribution is 7.18. The number of nitrogens with zero attached hydrogens (tertiary/aromatic N) is 1. The second-order valence-corrected chi connectivity index (χ2v) is 7.58. The molecular formula is C21H19F2N3O5S. The van der Waals surface area contributed by atoms with Crippen LogP contribution in [0.4, 0.5) is 13.8 Å². The van der Waals surface area contributed by atoms with E-state index < -0.39 is 18.5 Å². The van der Waals surface area contributed by atoms with Crippen molar-refractivity contribution in [1.29, 1.82) is 0 Å². The van der Waals surface area contributed by atoms with Gasteiger partial charge in [-0.25, -0.2) is 4.79 Å². The van der Waals surface area contributed by atoms with Gasteiger partial charge in [0.1, 0.15) is 16.4 Å². The number of amides is 1. The van der Waals surface area contributed by atoms with Crippen LogP contribution >= 0.6 is 11.3 Å². The van der Waals surface area contributed by atoms with Gasteiger partial charge in [-0.3, -0.25) is 14.7 Å².